The number of nitrogens with zero attached hydrogens (tertiary/aromatic N) is 2. The Morgan fingerprint density at radius 2 is 2.00 bits per heavy atom. The molecule has 2 aliphatic heterocycles. The molecule has 0 bridgehead atoms. The number of aliphatic imine (C=N–C) groups is 1. The van der Waals surface area contributed by atoms with Crippen LogP contribution in [-0.4, -0.2) is 46.7 Å². The van der Waals surface area contributed by atoms with E-state index >= 15 is 0 Å². The quantitative estimate of drug-likeness (QED) is 0.852. The molecule has 2 heterocycles. The maximum atomic E-state index is 12.0. The summed E-state index contributed by atoms with van der Waals surface area (Å²) < 4.78 is 5.08. The molecule has 2 aliphatic rings. The highest BCUT2D eigenvalue weighted by atomic mass is 32.2. The normalized spacial score (nSPS) is 19.3. The van der Waals surface area contributed by atoms with Gasteiger partial charge in [-0.2, -0.15) is 4.99 Å². The number of rotatable bonds is 4. The van der Waals surface area contributed by atoms with E-state index in [1.165, 1.54) is 11.8 Å². The number of carboxylic acid groups (broad SMARTS) is 1. The molecule has 23 heavy (non-hydrogen) atoms. The zero-order chi connectivity index (χ0) is 16.2. The number of benzene rings is 1. The molecule has 1 aromatic rings. The minimum absolute atomic E-state index is 0.205. The Bertz CT molecular complexity index is 676. The summed E-state index contributed by atoms with van der Waals surface area (Å²) in [6.45, 7) is 1.55. The number of aliphatic carboxylic acids is 1. The average Bonchev–Trinajstić information content (AvgIpc) is 3.17. The van der Waals surface area contributed by atoms with Crippen LogP contribution < -0.4 is 4.74 Å². The van der Waals surface area contributed by atoms with Gasteiger partial charge >= 0.3 is 5.97 Å². The number of carboxylic acids is 1. The van der Waals surface area contributed by atoms with Gasteiger partial charge in [0.1, 0.15) is 5.75 Å². The Hall–Kier alpha value is -2.28. The van der Waals surface area contributed by atoms with Crippen LogP contribution in [0.1, 0.15) is 18.4 Å². The number of hydrogen-bond donors (Lipinski definition) is 1. The Morgan fingerprint density at radius 3 is 2.65 bits per heavy atom. The third kappa shape index (κ3) is 3.92. The van der Waals surface area contributed by atoms with Crippen LogP contribution in [0.4, 0.5) is 0 Å². The Morgan fingerprint density at radius 1 is 1.30 bits per heavy atom. The molecule has 0 saturated carbocycles. The van der Waals surface area contributed by atoms with E-state index < -0.39 is 5.97 Å². The molecule has 0 unspecified atom stereocenters. The zero-order valence-electron chi connectivity index (χ0n) is 12.4. The summed E-state index contributed by atoms with van der Waals surface area (Å²) in [5.41, 5.74) is 0.849. The highest BCUT2D eigenvalue weighted by Gasteiger charge is 2.27. The van der Waals surface area contributed by atoms with E-state index in [2.05, 4.69) is 9.89 Å². The summed E-state index contributed by atoms with van der Waals surface area (Å²) >= 11 is 1.41. The van der Waals surface area contributed by atoms with E-state index in [9.17, 15) is 9.59 Å². The first-order valence-electron chi connectivity index (χ1n) is 7.34. The molecule has 1 aromatic carbocycles. The van der Waals surface area contributed by atoms with Gasteiger partial charge in [-0.05, 0) is 48.4 Å². The van der Waals surface area contributed by atoms with Gasteiger partial charge in [0.2, 0.25) is 0 Å². The van der Waals surface area contributed by atoms with Gasteiger partial charge in [0.15, 0.2) is 11.8 Å². The second-order valence-corrected chi connectivity index (χ2v) is 6.26. The molecule has 3 rings (SSSR count). The fourth-order valence-electron chi connectivity index (χ4n) is 2.40. The summed E-state index contributed by atoms with van der Waals surface area (Å²) in [5, 5.41) is 9.36. The van der Waals surface area contributed by atoms with Crippen LogP contribution in [0.3, 0.4) is 0 Å². The largest absolute Gasteiger partial charge is 0.482 e. The number of amides is 1. The summed E-state index contributed by atoms with van der Waals surface area (Å²) in [5.74, 6) is -0.743. The maximum absolute atomic E-state index is 12.0. The molecular formula is C16H16N2O4S. The topological polar surface area (TPSA) is 79.2 Å². The number of ether oxygens (including phenoxy) is 1. The summed E-state index contributed by atoms with van der Waals surface area (Å²) in [6.07, 6.45) is 4.08. The third-order valence-corrected chi connectivity index (χ3v) is 4.57. The lowest BCUT2D eigenvalue weighted by Crippen LogP contribution is -2.23. The van der Waals surface area contributed by atoms with Gasteiger partial charge in [0, 0.05) is 13.1 Å². The molecule has 0 atom stereocenters. The van der Waals surface area contributed by atoms with Gasteiger partial charge < -0.3 is 14.7 Å². The van der Waals surface area contributed by atoms with Crippen molar-refractivity contribution in [3.05, 3.63) is 34.7 Å². The van der Waals surface area contributed by atoms with Crippen molar-refractivity contribution in [2.75, 3.05) is 19.7 Å². The fourth-order valence-corrected chi connectivity index (χ4v) is 3.36. The van der Waals surface area contributed by atoms with Crippen LogP contribution in [0.2, 0.25) is 0 Å². The smallest absolute Gasteiger partial charge is 0.341 e. The molecule has 1 saturated heterocycles. The molecule has 6 nitrogen and oxygen atoms in total. The molecule has 1 amide bonds. The lowest BCUT2D eigenvalue weighted by molar-refractivity contribution is -0.139. The number of carbonyl (C=O) groups is 2. The molecule has 120 valence electrons. The van der Waals surface area contributed by atoms with E-state index in [-0.39, 0.29) is 12.5 Å². The molecule has 0 aliphatic carbocycles. The van der Waals surface area contributed by atoms with E-state index in [0.29, 0.717) is 10.7 Å². The van der Waals surface area contributed by atoms with Gasteiger partial charge in [-0.15, -0.1) is 0 Å². The van der Waals surface area contributed by atoms with Crippen molar-refractivity contribution in [3.8, 4) is 5.75 Å². The molecule has 0 aromatic heterocycles. The number of amidine groups is 1. The maximum Gasteiger partial charge on any atom is 0.341 e. The Balaban J connectivity index is 1.65. The van der Waals surface area contributed by atoms with Crippen molar-refractivity contribution < 1.29 is 19.4 Å². The van der Waals surface area contributed by atoms with Crippen LogP contribution in [0, 0.1) is 0 Å². The summed E-state index contributed by atoms with van der Waals surface area (Å²) in [6, 6.07) is 6.93. The first-order chi connectivity index (χ1) is 11.1. The Kier molecular flexibility index (Phi) is 4.66. The number of carbonyl (C=O) groups excluding carboxylic acids is 1. The standard InChI is InChI=1S/C16H16N2O4S/c19-14(20)10-22-12-5-3-11(4-6-12)9-13-15(21)17-16(23-13)18-7-1-2-8-18/h3-6,9H,1-2,7-8,10H2,(H,19,20). The highest BCUT2D eigenvalue weighted by Crippen LogP contribution is 2.31. The molecule has 0 radical (unpaired) electrons. The SMILES string of the molecule is O=C(O)COc1ccc(C=C2SC(N3CCCC3)=NC2=O)cc1. The van der Waals surface area contributed by atoms with Crippen molar-refractivity contribution in [1.82, 2.24) is 4.90 Å². The third-order valence-electron chi connectivity index (χ3n) is 3.53. The first kappa shape index (κ1) is 15.6. The van der Waals surface area contributed by atoms with E-state index in [0.717, 1.165) is 36.7 Å². The molecule has 7 heteroatoms. The number of hydrogen-bond acceptors (Lipinski definition) is 5. The number of likely N-dealkylation sites (tertiary alicyclic amines) is 1. The van der Waals surface area contributed by atoms with Crippen LogP contribution in [-0.2, 0) is 9.59 Å². The zero-order valence-corrected chi connectivity index (χ0v) is 13.2. The van der Waals surface area contributed by atoms with Crippen molar-refractivity contribution in [2.24, 2.45) is 4.99 Å². The van der Waals surface area contributed by atoms with E-state index in [4.69, 9.17) is 9.84 Å². The van der Waals surface area contributed by atoms with Crippen molar-refractivity contribution >= 4 is 34.9 Å². The Labute approximate surface area is 137 Å². The van der Waals surface area contributed by atoms with Crippen LogP contribution in [0.5, 0.6) is 5.75 Å². The summed E-state index contributed by atoms with van der Waals surface area (Å²) in [4.78, 5) is 29.3. The lowest BCUT2D eigenvalue weighted by atomic mass is 10.2. The predicted molar refractivity (Wildman–Crippen MR) is 88.4 cm³/mol. The predicted octanol–water partition coefficient (Wildman–Crippen LogP) is 2.22. The second kappa shape index (κ2) is 6.87. The molecule has 0 spiro atoms. The van der Waals surface area contributed by atoms with Gasteiger partial charge in [-0.25, -0.2) is 4.79 Å². The fraction of sp³-hybridized carbons (Fsp3) is 0.312. The van der Waals surface area contributed by atoms with Gasteiger partial charge in [0.25, 0.3) is 5.91 Å². The van der Waals surface area contributed by atoms with Gasteiger partial charge in [-0.1, -0.05) is 12.1 Å². The molecular weight excluding hydrogens is 316 g/mol. The average molecular weight is 332 g/mol. The van der Waals surface area contributed by atoms with Gasteiger partial charge in [0.05, 0.1) is 4.91 Å². The van der Waals surface area contributed by atoms with E-state index in [1.807, 2.05) is 0 Å². The monoisotopic (exact) mass is 332 g/mol. The summed E-state index contributed by atoms with van der Waals surface area (Å²) in [7, 11) is 0. The molecule has 1 fully saturated rings. The number of thioether (sulfide) groups is 1. The first-order valence-corrected chi connectivity index (χ1v) is 8.15. The lowest BCUT2D eigenvalue weighted by Gasteiger charge is -2.14. The highest BCUT2D eigenvalue weighted by molar-refractivity contribution is 8.18. The van der Waals surface area contributed by atoms with Gasteiger partial charge in [-0.3, -0.25) is 4.79 Å². The van der Waals surface area contributed by atoms with Crippen molar-refractivity contribution in [3.63, 3.8) is 0 Å². The molecule has 1 N–H and O–H groups in total. The van der Waals surface area contributed by atoms with Crippen molar-refractivity contribution in [2.45, 2.75) is 12.8 Å². The van der Waals surface area contributed by atoms with Crippen LogP contribution in [0.25, 0.3) is 6.08 Å². The van der Waals surface area contributed by atoms with Crippen molar-refractivity contribution in [1.29, 1.82) is 0 Å². The van der Waals surface area contributed by atoms with Crippen LogP contribution >= 0.6 is 11.8 Å². The van der Waals surface area contributed by atoms with Crippen LogP contribution in [0.15, 0.2) is 34.2 Å². The minimum atomic E-state index is -1.02. The van der Waals surface area contributed by atoms with E-state index in [1.54, 1.807) is 30.3 Å². The second-order valence-electron chi connectivity index (χ2n) is 5.26. The minimum Gasteiger partial charge on any atom is -0.482 e.